The van der Waals surface area contributed by atoms with Gasteiger partial charge in [-0.2, -0.15) is 0 Å². The number of hydrogen-bond acceptors (Lipinski definition) is 0. The first-order chi connectivity index (χ1) is 12.2. The first kappa shape index (κ1) is 18.4. The van der Waals surface area contributed by atoms with E-state index >= 15 is 0 Å². The molecule has 136 valence electrons. The van der Waals surface area contributed by atoms with Crippen molar-refractivity contribution in [3.05, 3.63) is 35.4 Å². The van der Waals surface area contributed by atoms with Crippen LogP contribution in [0.3, 0.4) is 0 Å². The number of rotatable bonds is 3. The molecule has 0 atom stereocenters. The van der Waals surface area contributed by atoms with E-state index in [0.717, 1.165) is 36.7 Å². The van der Waals surface area contributed by atoms with E-state index in [1.807, 2.05) is 0 Å². The fourth-order valence-electron chi connectivity index (χ4n) is 4.85. The van der Waals surface area contributed by atoms with Crippen LogP contribution in [0, 0.1) is 47.1 Å². The van der Waals surface area contributed by atoms with E-state index in [4.69, 9.17) is 0 Å². The quantitative estimate of drug-likeness (QED) is 0.533. The minimum absolute atomic E-state index is 0.417. The standard InChI is InChI=1S/C23H30F2/c1-2-3-17-6-11-20(12-7-17)21-13-8-18(9-14-21)4-5-19-10-15-22(24)23(25)16-19/h10,15-18,20-21H,2-3,6-9,11-14H2,1H3/t17-,18?,20-,21?. The molecule has 0 aliphatic heterocycles. The highest BCUT2D eigenvalue weighted by Crippen LogP contribution is 2.42. The topological polar surface area (TPSA) is 0 Å². The Morgan fingerprint density at radius 3 is 2.12 bits per heavy atom. The Hall–Kier alpha value is -1.36. The van der Waals surface area contributed by atoms with Gasteiger partial charge in [-0.05, 0) is 74.5 Å². The zero-order chi connectivity index (χ0) is 17.6. The monoisotopic (exact) mass is 344 g/mol. The van der Waals surface area contributed by atoms with Gasteiger partial charge in [-0.15, -0.1) is 0 Å². The van der Waals surface area contributed by atoms with Crippen LogP contribution in [0.4, 0.5) is 8.78 Å². The summed E-state index contributed by atoms with van der Waals surface area (Å²) in [4.78, 5) is 0. The van der Waals surface area contributed by atoms with E-state index in [9.17, 15) is 8.78 Å². The van der Waals surface area contributed by atoms with Crippen molar-refractivity contribution in [3.8, 4) is 11.8 Å². The molecular formula is C23H30F2. The summed E-state index contributed by atoms with van der Waals surface area (Å²) in [5, 5.41) is 0. The molecule has 3 rings (SSSR count). The summed E-state index contributed by atoms with van der Waals surface area (Å²) < 4.78 is 26.2. The van der Waals surface area contributed by atoms with Crippen molar-refractivity contribution in [2.24, 2.45) is 23.7 Å². The Balaban J connectivity index is 1.46. The molecule has 25 heavy (non-hydrogen) atoms. The van der Waals surface area contributed by atoms with Gasteiger partial charge in [0, 0.05) is 11.5 Å². The van der Waals surface area contributed by atoms with Gasteiger partial charge in [-0.1, -0.05) is 44.4 Å². The minimum Gasteiger partial charge on any atom is -0.204 e. The molecule has 1 aromatic rings. The van der Waals surface area contributed by atoms with Gasteiger partial charge in [0.2, 0.25) is 0 Å². The van der Waals surface area contributed by atoms with Crippen LogP contribution in [-0.2, 0) is 0 Å². The fourth-order valence-corrected chi connectivity index (χ4v) is 4.85. The van der Waals surface area contributed by atoms with Crippen LogP contribution in [0.25, 0.3) is 0 Å². The van der Waals surface area contributed by atoms with Gasteiger partial charge >= 0.3 is 0 Å². The summed E-state index contributed by atoms with van der Waals surface area (Å²) in [6.07, 6.45) is 13.4. The summed E-state index contributed by atoms with van der Waals surface area (Å²) in [6, 6.07) is 3.92. The maximum Gasteiger partial charge on any atom is 0.160 e. The summed E-state index contributed by atoms with van der Waals surface area (Å²) in [5.41, 5.74) is 0.579. The summed E-state index contributed by atoms with van der Waals surface area (Å²) in [7, 11) is 0. The Kier molecular flexibility index (Phi) is 6.51. The second-order valence-electron chi connectivity index (χ2n) is 8.08. The van der Waals surface area contributed by atoms with Crippen molar-refractivity contribution in [1.29, 1.82) is 0 Å². The summed E-state index contributed by atoms with van der Waals surface area (Å²) >= 11 is 0. The summed E-state index contributed by atoms with van der Waals surface area (Å²) in [5.74, 6) is 7.95. The molecule has 0 spiro atoms. The molecule has 1 aromatic carbocycles. The van der Waals surface area contributed by atoms with Crippen molar-refractivity contribution < 1.29 is 8.78 Å². The molecule has 2 aliphatic rings. The molecule has 0 heterocycles. The lowest BCUT2D eigenvalue weighted by Gasteiger charge is -2.37. The third-order valence-electron chi connectivity index (χ3n) is 6.37. The highest BCUT2D eigenvalue weighted by atomic mass is 19.2. The smallest absolute Gasteiger partial charge is 0.160 e. The van der Waals surface area contributed by atoms with E-state index in [0.29, 0.717) is 11.5 Å². The second-order valence-corrected chi connectivity index (χ2v) is 8.08. The number of benzene rings is 1. The fraction of sp³-hybridized carbons (Fsp3) is 0.652. The van der Waals surface area contributed by atoms with Crippen molar-refractivity contribution in [1.82, 2.24) is 0 Å². The van der Waals surface area contributed by atoms with Crippen LogP contribution < -0.4 is 0 Å². The van der Waals surface area contributed by atoms with Crippen LogP contribution in [0.15, 0.2) is 18.2 Å². The largest absolute Gasteiger partial charge is 0.204 e. The molecule has 0 nitrogen and oxygen atoms in total. The molecule has 0 amide bonds. The summed E-state index contributed by atoms with van der Waals surface area (Å²) in [6.45, 7) is 2.30. The second kappa shape index (κ2) is 8.84. The van der Waals surface area contributed by atoms with Gasteiger partial charge < -0.3 is 0 Å². The van der Waals surface area contributed by atoms with Crippen molar-refractivity contribution in [3.63, 3.8) is 0 Å². The van der Waals surface area contributed by atoms with Gasteiger partial charge in [0.15, 0.2) is 11.6 Å². The van der Waals surface area contributed by atoms with E-state index in [1.54, 1.807) is 6.07 Å². The van der Waals surface area contributed by atoms with Crippen LogP contribution in [0.1, 0.15) is 76.7 Å². The minimum atomic E-state index is -0.811. The van der Waals surface area contributed by atoms with Crippen LogP contribution in [0.2, 0.25) is 0 Å². The van der Waals surface area contributed by atoms with E-state index < -0.39 is 11.6 Å². The molecule has 2 saturated carbocycles. The molecule has 0 bridgehead atoms. The third kappa shape index (κ3) is 5.06. The number of hydrogen-bond donors (Lipinski definition) is 0. The third-order valence-corrected chi connectivity index (χ3v) is 6.37. The maximum atomic E-state index is 13.2. The Bertz CT molecular complexity index is 609. The molecule has 2 aliphatic carbocycles. The first-order valence-electron chi connectivity index (χ1n) is 10.1. The average molecular weight is 344 g/mol. The van der Waals surface area contributed by atoms with Crippen LogP contribution in [0.5, 0.6) is 0 Å². The highest BCUT2D eigenvalue weighted by molar-refractivity contribution is 5.35. The molecule has 0 unspecified atom stereocenters. The molecule has 0 radical (unpaired) electrons. The predicted octanol–water partition coefficient (Wildman–Crippen LogP) is 6.73. The van der Waals surface area contributed by atoms with E-state index in [1.165, 1.54) is 57.4 Å². The number of halogens is 2. The zero-order valence-corrected chi connectivity index (χ0v) is 15.4. The molecule has 0 saturated heterocycles. The van der Waals surface area contributed by atoms with Gasteiger partial charge in [-0.3, -0.25) is 0 Å². The lowest BCUT2D eigenvalue weighted by atomic mass is 9.69. The molecule has 2 fully saturated rings. The zero-order valence-electron chi connectivity index (χ0n) is 15.4. The lowest BCUT2D eigenvalue weighted by Crippen LogP contribution is -2.25. The molecule has 2 heteroatoms. The van der Waals surface area contributed by atoms with Crippen LogP contribution in [-0.4, -0.2) is 0 Å². The Morgan fingerprint density at radius 1 is 0.880 bits per heavy atom. The van der Waals surface area contributed by atoms with Gasteiger partial charge in [-0.25, -0.2) is 8.78 Å². The molecular weight excluding hydrogens is 314 g/mol. The van der Waals surface area contributed by atoms with Gasteiger partial charge in [0.25, 0.3) is 0 Å². The van der Waals surface area contributed by atoms with Gasteiger partial charge in [0.1, 0.15) is 0 Å². The van der Waals surface area contributed by atoms with E-state index in [2.05, 4.69) is 18.8 Å². The first-order valence-corrected chi connectivity index (χ1v) is 10.1. The average Bonchev–Trinajstić information content (AvgIpc) is 2.64. The molecule has 0 N–H and O–H groups in total. The van der Waals surface area contributed by atoms with E-state index in [-0.39, 0.29) is 0 Å². The highest BCUT2D eigenvalue weighted by Gasteiger charge is 2.30. The maximum absolute atomic E-state index is 13.2. The molecule has 0 aromatic heterocycles. The SMILES string of the molecule is CCC[C@H]1CC[C@H](C2CCC(C#Cc3ccc(F)c(F)c3)CC2)CC1. The lowest BCUT2D eigenvalue weighted by molar-refractivity contribution is 0.154. The predicted molar refractivity (Wildman–Crippen MR) is 99.0 cm³/mol. The van der Waals surface area contributed by atoms with Crippen molar-refractivity contribution >= 4 is 0 Å². The van der Waals surface area contributed by atoms with Crippen molar-refractivity contribution in [2.75, 3.05) is 0 Å². The normalized spacial score (nSPS) is 29.7. The Morgan fingerprint density at radius 2 is 1.52 bits per heavy atom. The van der Waals surface area contributed by atoms with Crippen molar-refractivity contribution in [2.45, 2.75) is 71.1 Å². The van der Waals surface area contributed by atoms with Gasteiger partial charge in [0.05, 0.1) is 0 Å². The Labute approximate surface area is 151 Å². The van der Waals surface area contributed by atoms with Crippen LogP contribution >= 0.6 is 0 Å².